The van der Waals surface area contributed by atoms with Gasteiger partial charge in [-0.1, -0.05) is 34.1 Å². The molecule has 3 nitrogen and oxygen atoms in total. The minimum absolute atomic E-state index is 0.780. The van der Waals surface area contributed by atoms with Gasteiger partial charge >= 0.3 is 5.97 Å². The number of ketones is 1. The van der Waals surface area contributed by atoms with Gasteiger partial charge in [-0.3, -0.25) is 4.79 Å². The van der Waals surface area contributed by atoms with Crippen LogP contribution in [-0.4, -0.2) is 16.9 Å². The maximum absolute atomic E-state index is 10.7. The molecule has 1 N–H and O–H groups in total. The van der Waals surface area contributed by atoms with Gasteiger partial charge in [-0.2, -0.15) is 0 Å². The summed E-state index contributed by atoms with van der Waals surface area (Å²) in [4.78, 5) is 20.9. The largest absolute Gasteiger partial charge is 0.475 e. The molecule has 72 valence electrons. The van der Waals surface area contributed by atoms with Crippen molar-refractivity contribution in [1.82, 2.24) is 0 Å². The number of aliphatic carboxylic acids is 1. The molecule has 0 spiro atoms. The van der Waals surface area contributed by atoms with Crippen LogP contribution in [0.3, 0.4) is 0 Å². The molecule has 0 radical (unpaired) electrons. The van der Waals surface area contributed by atoms with E-state index in [0.29, 0.717) is 0 Å². The van der Waals surface area contributed by atoms with Crippen LogP contribution in [0.15, 0.2) is 34.8 Å². The fourth-order valence-electron chi connectivity index (χ4n) is 0.817. The predicted molar refractivity (Wildman–Crippen MR) is 55.8 cm³/mol. The molecule has 0 aromatic heterocycles. The molecule has 0 bridgehead atoms. The van der Waals surface area contributed by atoms with Gasteiger partial charge in [0.15, 0.2) is 0 Å². The van der Waals surface area contributed by atoms with E-state index in [4.69, 9.17) is 5.11 Å². The van der Waals surface area contributed by atoms with Gasteiger partial charge < -0.3 is 5.11 Å². The minimum atomic E-state index is -1.45. The molecule has 0 aliphatic rings. The lowest BCUT2D eigenvalue weighted by Crippen LogP contribution is -2.08. The standard InChI is InChI=1S/C10H7BrO3/c11-8-4-1-7(2-5-8)3-6-9(12)10(13)14/h1-6H,(H,13,14)/b6-3+. The van der Waals surface area contributed by atoms with E-state index >= 15 is 0 Å². The number of carboxylic acid groups (broad SMARTS) is 1. The molecule has 1 aromatic carbocycles. The molecular formula is C10H7BrO3. The Kier molecular flexibility index (Phi) is 3.59. The van der Waals surface area contributed by atoms with Gasteiger partial charge in [-0.25, -0.2) is 4.79 Å². The molecule has 0 saturated carbocycles. The first-order chi connectivity index (χ1) is 6.59. The number of hydrogen-bond donors (Lipinski definition) is 1. The Labute approximate surface area is 89.2 Å². The second-order valence-corrected chi connectivity index (χ2v) is 3.47. The summed E-state index contributed by atoms with van der Waals surface area (Å²) in [6, 6.07) is 7.17. The van der Waals surface area contributed by atoms with Gasteiger partial charge in [-0.05, 0) is 23.8 Å². The number of benzene rings is 1. The lowest BCUT2D eigenvalue weighted by molar-refractivity contribution is -0.146. The first kappa shape index (κ1) is 10.7. The van der Waals surface area contributed by atoms with Crippen molar-refractivity contribution in [2.75, 3.05) is 0 Å². The van der Waals surface area contributed by atoms with E-state index in [2.05, 4.69) is 15.9 Å². The van der Waals surface area contributed by atoms with E-state index in [0.717, 1.165) is 16.1 Å². The highest BCUT2D eigenvalue weighted by molar-refractivity contribution is 9.10. The van der Waals surface area contributed by atoms with E-state index < -0.39 is 11.8 Å². The fourth-order valence-corrected chi connectivity index (χ4v) is 1.08. The summed E-state index contributed by atoms with van der Waals surface area (Å²) < 4.78 is 0.930. The number of carbonyl (C=O) groups is 2. The zero-order valence-corrected chi connectivity index (χ0v) is 8.69. The Morgan fingerprint density at radius 1 is 1.21 bits per heavy atom. The number of carboxylic acids is 1. The minimum Gasteiger partial charge on any atom is -0.475 e. The molecule has 1 aromatic rings. The smallest absolute Gasteiger partial charge is 0.376 e. The Balaban J connectivity index is 2.74. The van der Waals surface area contributed by atoms with Crippen molar-refractivity contribution in [3.8, 4) is 0 Å². The number of carbonyl (C=O) groups excluding carboxylic acids is 1. The second kappa shape index (κ2) is 4.72. The van der Waals surface area contributed by atoms with Crippen LogP contribution in [-0.2, 0) is 9.59 Å². The maximum Gasteiger partial charge on any atom is 0.376 e. The third-order valence-corrected chi connectivity index (χ3v) is 2.04. The van der Waals surface area contributed by atoms with Crippen molar-refractivity contribution >= 4 is 33.8 Å². The van der Waals surface area contributed by atoms with E-state index in [1.807, 2.05) is 12.1 Å². The van der Waals surface area contributed by atoms with Crippen LogP contribution in [0.4, 0.5) is 0 Å². The molecule has 0 atom stereocenters. The van der Waals surface area contributed by atoms with Crippen LogP contribution in [0.5, 0.6) is 0 Å². The molecule has 1 rings (SSSR count). The van der Waals surface area contributed by atoms with Gasteiger partial charge in [0.2, 0.25) is 0 Å². The van der Waals surface area contributed by atoms with Gasteiger partial charge in [0.05, 0.1) is 0 Å². The summed E-state index contributed by atoms with van der Waals surface area (Å²) in [6.45, 7) is 0. The average Bonchev–Trinajstić information content (AvgIpc) is 2.16. The van der Waals surface area contributed by atoms with Crippen molar-refractivity contribution in [1.29, 1.82) is 0 Å². The molecule has 0 aliphatic heterocycles. The monoisotopic (exact) mass is 254 g/mol. The Morgan fingerprint density at radius 3 is 2.29 bits per heavy atom. The van der Waals surface area contributed by atoms with Gasteiger partial charge in [-0.15, -0.1) is 0 Å². The van der Waals surface area contributed by atoms with E-state index in [-0.39, 0.29) is 0 Å². The zero-order valence-electron chi connectivity index (χ0n) is 7.11. The molecule has 0 unspecified atom stereocenters. The first-order valence-electron chi connectivity index (χ1n) is 3.80. The number of halogens is 1. The molecule has 0 fully saturated rings. The maximum atomic E-state index is 10.7. The summed E-state index contributed by atoms with van der Waals surface area (Å²) in [5.41, 5.74) is 0.780. The summed E-state index contributed by atoms with van der Waals surface area (Å²) in [6.07, 6.45) is 2.49. The quantitative estimate of drug-likeness (QED) is 0.664. The molecule has 0 aliphatic carbocycles. The zero-order chi connectivity index (χ0) is 10.6. The highest BCUT2D eigenvalue weighted by Gasteiger charge is 2.04. The highest BCUT2D eigenvalue weighted by Crippen LogP contribution is 2.11. The topological polar surface area (TPSA) is 54.4 Å². The summed E-state index contributed by atoms with van der Waals surface area (Å²) in [5, 5.41) is 8.30. The lowest BCUT2D eigenvalue weighted by atomic mass is 10.2. The Hall–Kier alpha value is -1.42. The van der Waals surface area contributed by atoms with Crippen LogP contribution in [0.25, 0.3) is 6.08 Å². The fraction of sp³-hybridized carbons (Fsp3) is 0. The predicted octanol–water partition coefficient (Wildman–Crippen LogP) is 2.12. The summed E-state index contributed by atoms with van der Waals surface area (Å²) in [5.74, 6) is -2.37. The highest BCUT2D eigenvalue weighted by atomic mass is 79.9. The summed E-state index contributed by atoms with van der Waals surface area (Å²) in [7, 11) is 0. The van der Waals surface area contributed by atoms with Crippen molar-refractivity contribution in [2.24, 2.45) is 0 Å². The molecule has 0 amide bonds. The van der Waals surface area contributed by atoms with Crippen LogP contribution in [0, 0.1) is 0 Å². The van der Waals surface area contributed by atoms with E-state index in [9.17, 15) is 9.59 Å². The lowest BCUT2D eigenvalue weighted by Gasteiger charge is -1.92. The van der Waals surface area contributed by atoms with Crippen LogP contribution in [0.1, 0.15) is 5.56 Å². The SMILES string of the molecule is O=C(O)C(=O)/C=C/c1ccc(Br)cc1. The van der Waals surface area contributed by atoms with Crippen LogP contribution >= 0.6 is 15.9 Å². The molecule has 0 saturated heterocycles. The van der Waals surface area contributed by atoms with Crippen LogP contribution < -0.4 is 0 Å². The molecular weight excluding hydrogens is 248 g/mol. The van der Waals surface area contributed by atoms with E-state index in [1.165, 1.54) is 6.08 Å². The number of rotatable bonds is 3. The first-order valence-corrected chi connectivity index (χ1v) is 4.60. The second-order valence-electron chi connectivity index (χ2n) is 2.55. The third kappa shape index (κ3) is 3.14. The van der Waals surface area contributed by atoms with Crippen molar-refractivity contribution in [3.05, 3.63) is 40.4 Å². The van der Waals surface area contributed by atoms with Crippen molar-refractivity contribution in [2.45, 2.75) is 0 Å². The normalized spacial score (nSPS) is 10.4. The van der Waals surface area contributed by atoms with Gasteiger partial charge in [0, 0.05) is 4.47 Å². The Bertz CT molecular complexity index is 379. The number of hydrogen-bond acceptors (Lipinski definition) is 2. The third-order valence-electron chi connectivity index (χ3n) is 1.51. The molecule has 4 heteroatoms. The van der Waals surface area contributed by atoms with Crippen molar-refractivity contribution < 1.29 is 14.7 Å². The summed E-state index contributed by atoms with van der Waals surface area (Å²) >= 11 is 3.26. The average molecular weight is 255 g/mol. The van der Waals surface area contributed by atoms with E-state index in [1.54, 1.807) is 12.1 Å². The van der Waals surface area contributed by atoms with Gasteiger partial charge in [0.25, 0.3) is 5.78 Å². The molecule has 14 heavy (non-hydrogen) atoms. The Morgan fingerprint density at radius 2 is 1.79 bits per heavy atom. The molecule has 0 heterocycles. The van der Waals surface area contributed by atoms with Gasteiger partial charge in [0.1, 0.15) is 0 Å². The van der Waals surface area contributed by atoms with Crippen LogP contribution in [0.2, 0.25) is 0 Å². The van der Waals surface area contributed by atoms with Crippen molar-refractivity contribution in [3.63, 3.8) is 0 Å².